The predicted octanol–water partition coefficient (Wildman–Crippen LogP) is 2.21. The number of hydrogen-bond donors (Lipinski definition) is 1. The number of likely N-dealkylation sites (N-methyl/N-ethyl adjacent to an activating group) is 1. The van der Waals surface area contributed by atoms with Gasteiger partial charge in [-0.2, -0.15) is 0 Å². The van der Waals surface area contributed by atoms with E-state index >= 15 is 0 Å². The average Bonchev–Trinajstić information content (AvgIpc) is 2.97. The van der Waals surface area contributed by atoms with E-state index in [9.17, 15) is 0 Å². The summed E-state index contributed by atoms with van der Waals surface area (Å²) in [5.41, 5.74) is 4.89. The van der Waals surface area contributed by atoms with Gasteiger partial charge in [0.25, 0.3) is 0 Å². The Bertz CT molecular complexity index is 394. The van der Waals surface area contributed by atoms with Gasteiger partial charge in [0.05, 0.1) is 0 Å². The molecule has 0 amide bonds. The molecule has 1 N–H and O–H groups in total. The van der Waals surface area contributed by atoms with Gasteiger partial charge in [-0.15, -0.1) is 0 Å². The fourth-order valence-electron chi connectivity index (χ4n) is 2.92. The second-order valence-electron chi connectivity index (χ2n) is 5.07. The normalized spacial score (nSPS) is 22.5. The van der Waals surface area contributed by atoms with Crippen LogP contribution in [0.25, 0.3) is 0 Å². The molecule has 0 bridgehead atoms. The fraction of sp³-hybridized carbons (Fsp3) is 0.538. The molecule has 1 aromatic carbocycles. The zero-order valence-corrected chi connectivity index (χ0v) is 9.51. The van der Waals surface area contributed by atoms with Crippen molar-refractivity contribution in [2.24, 2.45) is 0 Å². The molecule has 0 unspecified atom stereocenters. The Morgan fingerprint density at radius 1 is 1.33 bits per heavy atom. The monoisotopic (exact) mass is 202 g/mol. The van der Waals surface area contributed by atoms with Crippen molar-refractivity contribution in [2.75, 3.05) is 26.0 Å². The standard InChI is InChI=1S/C13H18N2/c1-14-11-3-4-12-10(7-11)8-15(2)9-13(12)5-6-13/h3-4,7,14H,5-6,8-9H2,1-2H3. The van der Waals surface area contributed by atoms with Crippen LogP contribution in [0.5, 0.6) is 0 Å². The van der Waals surface area contributed by atoms with Crippen LogP contribution in [0.15, 0.2) is 18.2 Å². The maximum absolute atomic E-state index is 3.22. The topological polar surface area (TPSA) is 15.3 Å². The summed E-state index contributed by atoms with van der Waals surface area (Å²) < 4.78 is 0. The summed E-state index contributed by atoms with van der Waals surface area (Å²) in [5, 5.41) is 3.22. The van der Waals surface area contributed by atoms with Crippen molar-refractivity contribution >= 4 is 5.69 Å². The number of anilines is 1. The molecule has 1 saturated carbocycles. The molecule has 2 nitrogen and oxygen atoms in total. The van der Waals surface area contributed by atoms with Crippen LogP contribution in [0.2, 0.25) is 0 Å². The van der Waals surface area contributed by atoms with Crippen LogP contribution < -0.4 is 5.32 Å². The molecule has 0 saturated heterocycles. The molecule has 0 atom stereocenters. The summed E-state index contributed by atoms with van der Waals surface area (Å²) in [7, 11) is 4.22. The third-order valence-electron chi connectivity index (χ3n) is 3.83. The number of nitrogens with one attached hydrogen (secondary N) is 1. The number of nitrogens with zero attached hydrogens (tertiary/aromatic N) is 1. The van der Waals surface area contributed by atoms with Crippen LogP contribution in [0.1, 0.15) is 24.0 Å². The largest absolute Gasteiger partial charge is 0.388 e. The molecular weight excluding hydrogens is 184 g/mol. The van der Waals surface area contributed by atoms with E-state index in [0.29, 0.717) is 5.41 Å². The lowest BCUT2D eigenvalue weighted by molar-refractivity contribution is 0.271. The van der Waals surface area contributed by atoms with Crippen LogP contribution >= 0.6 is 0 Å². The molecule has 0 radical (unpaired) electrons. The van der Waals surface area contributed by atoms with Crippen molar-refractivity contribution in [3.8, 4) is 0 Å². The minimum Gasteiger partial charge on any atom is -0.388 e. The van der Waals surface area contributed by atoms with E-state index in [2.05, 4.69) is 35.5 Å². The summed E-state index contributed by atoms with van der Waals surface area (Å²) in [6.45, 7) is 2.35. The maximum Gasteiger partial charge on any atom is 0.0341 e. The molecule has 1 aliphatic carbocycles. The van der Waals surface area contributed by atoms with E-state index in [1.54, 1.807) is 5.56 Å². The van der Waals surface area contributed by atoms with Crippen molar-refractivity contribution in [3.05, 3.63) is 29.3 Å². The van der Waals surface area contributed by atoms with Gasteiger partial charge >= 0.3 is 0 Å². The molecule has 1 fully saturated rings. The quantitative estimate of drug-likeness (QED) is 0.751. The summed E-state index contributed by atoms with van der Waals surface area (Å²) in [5.74, 6) is 0. The van der Waals surface area contributed by atoms with Gasteiger partial charge in [0.2, 0.25) is 0 Å². The molecule has 2 aliphatic rings. The molecule has 0 aromatic heterocycles. The molecule has 1 aliphatic heterocycles. The molecule has 80 valence electrons. The Labute approximate surface area is 91.3 Å². The van der Waals surface area contributed by atoms with Crippen molar-refractivity contribution in [1.29, 1.82) is 0 Å². The minimum atomic E-state index is 0.522. The number of fused-ring (bicyclic) bond motifs is 2. The summed E-state index contributed by atoms with van der Waals surface area (Å²) >= 11 is 0. The Balaban J connectivity index is 2.07. The smallest absolute Gasteiger partial charge is 0.0341 e. The SMILES string of the molecule is CNc1ccc2c(c1)CN(C)CC21CC1. The minimum absolute atomic E-state index is 0.522. The molecule has 15 heavy (non-hydrogen) atoms. The molecule has 1 heterocycles. The zero-order valence-electron chi connectivity index (χ0n) is 9.51. The molecule has 1 aromatic rings. The number of benzene rings is 1. The summed E-state index contributed by atoms with van der Waals surface area (Å²) in [6.07, 6.45) is 2.76. The first kappa shape index (κ1) is 9.22. The van der Waals surface area contributed by atoms with Crippen molar-refractivity contribution in [2.45, 2.75) is 24.8 Å². The second-order valence-corrected chi connectivity index (χ2v) is 5.07. The molecule has 1 spiro atoms. The van der Waals surface area contributed by atoms with Crippen LogP contribution in [-0.4, -0.2) is 25.5 Å². The van der Waals surface area contributed by atoms with E-state index in [0.717, 1.165) is 6.54 Å². The van der Waals surface area contributed by atoms with E-state index in [4.69, 9.17) is 0 Å². The number of rotatable bonds is 1. The third kappa shape index (κ3) is 1.36. The third-order valence-corrected chi connectivity index (χ3v) is 3.83. The predicted molar refractivity (Wildman–Crippen MR) is 63.2 cm³/mol. The Morgan fingerprint density at radius 3 is 2.80 bits per heavy atom. The van der Waals surface area contributed by atoms with Gasteiger partial charge in [-0.25, -0.2) is 0 Å². The van der Waals surface area contributed by atoms with Crippen LogP contribution in [-0.2, 0) is 12.0 Å². The maximum atomic E-state index is 3.22. The summed E-state index contributed by atoms with van der Waals surface area (Å²) in [4.78, 5) is 2.45. The Hall–Kier alpha value is -1.02. The van der Waals surface area contributed by atoms with Crippen LogP contribution in [0.4, 0.5) is 5.69 Å². The first-order valence-electron chi connectivity index (χ1n) is 5.73. The van der Waals surface area contributed by atoms with Gasteiger partial charge in [-0.1, -0.05) is 6.07 Å². The highest BCUT2D eigenvalue weighted by molar-refractivity contribution is 5.52. The highest BCUT2D eigenvalue weighted by Crippen LogP contribution is 2.52. The molecular formula is C13H18N2. The van der Waals surface area contributed by atoms with Crippen molar-refractivity contribution in [3.63, 3.8) is 0 Å². The first-order valence-corrected chi connectivity index (χ1v) is 5.73. The van der Waals surface area contributed by atoms with Gasteiger partial charge in [0.15, 0.2) is 0 Å². The Kier molecular flexibility index (Phi) is 1.84. The molecule has 3 rings (SSSR count). The van der Waals surface area contributed by atoms with Crippen LogP contribution in [0.3, 0.4) is 0 Å². The zero-order chi connectivity index (χ0) is 10.5. The second kappa shape index (κ2) is 2.99. The number of hydrogen-bond acceptors (Lipinski definition) is 2. The van der Waals surface area contributed by atoms with Crippen LogP contribution in [0, 0.1) is 0 Å². The fourth-order valence-corrected chi connectivity index (χ4v) is 2.92. The highest BCUT2D eigenvalue weighted by atomic mass is 15.1. The van der Waals surface area contributed by atoms with Gasteiger partial charge < -0.3 is 10.2 Å². The van der Waals surface area contributed by atoms with Gasteiger partial charge in [-0.05, 0) is 43.1 Å². The van der Waals surface area contributed by atoms with Gasteiger partial charge in [0, 0.05) is 31.2 Å². The van der Waals surface area contributed by atoms with E-state index < -0.39 is 0 Å². The summed E-state index contributed by atoms with van der Waals surface area (Å²) in [6, 6.07) is 6.86. The van der Waals surface area contributed by atoms with E-state index in [-0.39, 0.29) is 0 Å². The highest BCUT2D eigenvalue weighted by Gasteiger charge is 2.48. The average molecular weight is 202 g/mol. The van der Waals surface area contributed by atoms with E-state index in [1.165, 1.54) is 30.6 Å². The van der Waals surface area contributed by atoms with Crippen molar-refractivity contribution < 1.29 is 0 Å². The lowest BCUT2D eigenvalue weighted by Crippen LogP contribution is -2.35. The van der Waals surface area contributed by atoms with Gasteiger partial charge in [0.1, 0.15) is 0 Å². The van der Waals surface area contributed by atoms with Gasteiger partial charge in [-0.3, -0.25) is 0 Å². The molecule has 2 heteroatoms. The first-order chi connectivity index (χ1) is 7.23. The lowest BCUT2D eigenvalue weighted by Gasteiger charge is -2.32. The van der Waals surface area contributed by atoms with Crippen molar-refractivity contribution in [1.82, 2.24) is 4.90 Å². The van der Waals surface area contributed by atoms with E-state index in [1.807, 2.05) is 7.05 Å². The lowest BCUT2D eigenvalue weighted by atomic mass is 9.87. The Morgan fingerprint density at radius 2 is 2.13 bits per heavy atom.